The summed E-state index contributed by atoms with van der Waals surface area (Å²) in [6, 6.07) is 12.3. The third-order valence-electron chi connectivity index (χ3n) is 7.25. The first kappa shape index (κ1) is 22.0. The van der Waals surface area contributed by atoms with E-state index in [0.717, 1.165) is 42.9 Å². The van der Waals surface area contributed by atoms with E-state index < -0.39 is 11.8 Å². The van der Waals surface area contributed by atoms with Gasteiger partial charge in [0.15, 0.2) is 0 Å². The van der Waals surface area contributed by atoms with Crippen LogP contribution in [-0.2, 0) is 16.1 Å². The minimum atomic E-state index is -0.422. The van der Waals surface area contributed by atoms with Crippen molar-refractivity contribution in [3.63, 3.8) is 0 Å². The highest BCUT2D eigenvalue weighted by molar-refractivity contribution is 6.36. The number of alkyl halides is 1. The van der Waals surface area contributed by atoms with Crippen LogP contribution in [0.15, 0.2) is 36.4 Å². The van der Waals surface area contributed by atoms with Crippen molar-refractivity contribution in [3.8, 4) is 0 Å². The minimum absolute atomic E-state index is 0.0300. The molecule has 3 unspecified atom stereocenters. The predicted molar refractivity (Wildman–Crippen MR) is 127 cm³/mol. The normalized spacial score (nSPS) is 27.8. The SMILES string of the molecule is CN1C(=O)C(=O)N(C2CCN(Cc3cccc4c(Cl)cccc34)CC2)C2NCC(Cl)CC21. The van der Waals surface area contributed by atoms with Crippen molar-refractivity contribution in [1.29, 1.82) is 0 Å². The summed E-state index contributed by atoms with van der Waals surface area (Å²) < 4.78 is 0. The van der Waals surface area contributed by atoms with Crippen LogP contribution in [0.25, 0.3) is 10.8 Å². The number of piperazine rings is 1. The smallest absolute Gasteiger partial charge is 0.313 e. The van der Waals surface area contributed by atoms with E-state index in [2.05, 4.69) is 34.5 Å². The molecule has 3 aliphatic heterocycles. The highest BCUT2D eigenvalue weighted by Crippen LogP contribution is 2.31. The van der Waals surface area contributed by atoms with Crippen LogP contribution in [0.1, 0.15) is 24.8 Å². The van der Waals surface area contributed by atoms with Crippen molar-refractivity contribution in [2.24, 2.45) is 0 Å². The summed E-state index contributed by atoms with van der Waals surface area (Å²) >= 11 is 12.7. The zero-order valence-electron chi connectivity index (χ0n) is 18.1. The van der Waals surface area contributed by atoms with Gasteiger partial charge in [-0.25, -0.2) is 0 Å². The Morgan fingerprint density at radius 2 is 1.75 bits per heavy atom. The number of carbonyl (C=O) groups is 2. The number of hydrogen-bond acceptors (Lipinski definition) is 4. The van der Waals surface area contributed by atoms with E-state index in [4.69, 9.17) is 23.2 Å². The molecule has 0 aromatic heterocycles. The number of hydrogen-bond donors (Lipinski definition) is 1. The predicted octanol–water partition coefficient (Wildman–Crippen LogP) is 3.05. The number of piperidine rings is 2. The first-order valence-electron chi connectivity index (χ1n) is 11.3. The van der Waals surface area contributed by atoms with Crippen LogP contribution in [0.5, 0.6) is 0 Å². The van der Waals surface area contributed by atoms with Crippen LogP contribution in [0.3, 0.4) is 0 Å². The van der Waals surface area contributed by atoms with Gasteiger partial charge in [-0.15, -0.1) is 11.6 Å². The lowest BCUT2D eigenvalue weighted by Crippen LogP contribution is -2.73. The standard InChI is InChI=1S/C24H28Cl2N4O2/c1-28-21-12-16(25)13-27-22(21)30(24(32)23(28)31)17-8-10-29(11-9-17)14-15-4-2-6-19-18(15)5-3-7-20(19)26/h2-7,16-17,21-22,27H,8-14H2,1H3. The summed E-state index contributed by atoms with van der Waals surface area (Å²) in [5.41, 5.74) is 1.26. The maximum Gasteiger partial charge on any atom is 0.313 e. The topological polar surface area (TPSA) is 55.9 Å². The van der Waals surface area contributed by atoms with E-state index in [9.17, 15) is 9.59 Å². The summed E-state index contributed by atoms with van der Waals surface area (Å²) in [7, 11) is 1.71. The molecule has 3 atom stereocenters. The van der Waals surface area contributed by atoms with E-state index >= 15 is 0 Å². The van der Waals surface area contributed by atoms with Crippen LogP contribution in [0.2, 0.25) is 5.02 Å². The van der Waals surface area contributed by atoms with Crippen molar-refractivity contribution in [1.82, 2.24) is 20.0 Å². The Morgan fingerprint density at radius 1 is 1.03 bits per heavy atom. The van der Waals surface area contributed by atoms with Crippen molar-refractivity contribution in [2.45, 2.75) is 49.4 Å². The second-order valence-corrected chi connectivity index (χ2v) is 10.2. The number of carbonyl (C=O) groups excluding carboxylic acids is 2. The molecule has 3 aliphatic rings. The number of amides is 2. The van der Waals surface area contributed by atoms with Crippen molar-refractivity contribution in [2.75, 3.05) is 26.7 Å². The molecule has 0 saturated carbocycles. The van der Waals surface area contributed by atoms with E-state index in [1.165, 1.54) is 10.9 Å². The van der Waals surface area contributed by atoms with Gasteiger partial charge in [-0.1, -0.05) is 41.9 Å². The van der Waals surface area contributed by atoms with E-state index in [1.807, 2.05) is 17.0 Å². The Labute approximate surface area is 198 Å². The summed E-state index contributed by atoms with van der Waals surface area (Å²) in [6.45, 7) is 3.26. The van der Waals surface area contributed by atoms with Crippen LogP contribution in [-0.4, -0.2) is 76.8 Å². The lowest BCUT2D eigenvalue weighted by molar-refractivity contribution is -0.167. The minimum Gasteiger partial charge on any atom is -0.331 e. The summed E-state index contributed by atoms with van der Waals surface area (Å²) in [6.07, 6.45) is 2.25. The van der Waals surface area contributed by atoms with Gasteiger partial charge in [0.05, 0.1) is 6.04 Å². The molecule has 8 heteroatoms. The number of benzene rings is 2. The maximum absolute atomic E-state index is 13.0. The molecule has 3 heterocycles. The molecule has 3 fully saturated rings. The first-order chi connectivity index (χ1) is 15.4. The van der Waals surface area contributed by atoms with Crippen LogP contribution in [0.4, 0.5) is 0 Å². The lowest BCUT2D eigenvalue weighted by Gasteiger charge is -2.52. The number of nitrogens with zero attached hydrogens (tertiary/aromatic N) is 3. The lowest BCUT2D eigenvalue weighted by atomic mass is 9.93. The molecule has 3 saturated heterocycles. The van der Waals surface area contributed by atoms with Gasteiger partial charge in [0.1, 0.15) is 6.17 Å². The molecule has 5 rings (SSSR count). The zero-order chi connectivity index (χ0) is 22.4. The quantitative estimate of drug-likeness (QED) is 0.548. The summed E-state index contributed by atoms with van der Waals surface area (Å²) in [4.78, 5) is 31.4. The van der Waals surface area contributed by atoms with Crippen molar-refractivity contribution >= 4 is 45.8 Å². The molecule has 0 bridgehead atoms. The number of likely N-dealkylation sites (N-methyl/N-ethyl adjacent to an activating group) is 1. The van der Waals surface area contributed by atoms with Gasteiger partial charge in [-0.3, -0.25) is 19.8 Å². The van der Waals surface area contributed by atoms with Crippen LogP contribution < -0.4 is 5.32 Å². The Kier molecular flexibility index (Phi) is 6.05. The average Bonchev–Trinajstić information content (AvgIpc) is 2.80. The van der Waals surface area contributed by atoms with Gasteiger partial charge < -0.3 is 9.80 Å². The number of fused-ring (bicyclic) bond motifs is 2. The monoisotopic (exact) mass is 474 g/mol. The first-order valence-corrected chi connectivity index (χ1v) is 12.1. The summed E-state index contributed by atoms with van der Waals surface area (Å²) in [5.74, 6) is -0.815. The van der Waals surface area contributed by atoms with Gasteiger partial charge in [0.25, 0.3) is 0 Å². The molecule has 32 heavy (non-hydrogen) atoms. The second kappa shape index (κ2) is 8.82. The average molecular weight is 475 g/mol. The molecule has 6 nitrogen and oxygen atoms in total. The van der Waals surface area contributed by atoms with E-state index in [-0.39, 0.29) is 23.6 Å². The van der Waals surface area contributed by atoms with Crippen molar-refractivity contribution < 1.29 is 9.59 Å². The Bertz CT molecular complexity index is 1040. The molecular weight excluding hydrogens is 447 g/mol. The van der Waals surface area contributed by atoms with Crippen LogP contribution >= 0.6 is 23.2 Å². The number of likely N-dealkylation sites (tertiary alicyclic amines) is 1. The Balaban J connectivity index is 1.29. The fraction of sp³-hybridized carbons (Fsp3) is 0.500. The van der Waals surface area contributed by atoms with Gasteiger partial charge in [0.2, 0.25) is 0 Å². The van der Waals surface area contributed by atoms with Gasteiger partial charge in [0, 0.05) is 55.1 Å². The number of halogens is 2. The molecule has 2 aromatic rings. The van der Waals surface area contributed by atoms with E-state index in [0.29, 0.717) is 13.0 Å². The largest absolute Gasteiger partial charge is 0.331 e. The van der Waals surface area contributed by atoms with E-state index in [1.54, 1.807) is 11.9 Å². The van der Waals surface area contributed by atoms with Crippen LogP contribution in [0, 0.1) is 0 Å². The third kappa shape index (κ3) is 3.87. The summed E-state index contributed by atoms with van der Waals surface area (Å²) in [5, 5.41) is 6.44. The highest BCUT2D eigenvalue weighted by Gasteiger charge is 2.49. The van der Waals surface area contributed by atoms with Gasteiger partial charge in [-0.05, 0) is 36.3 Å². The Hall–Kier alpha value is -1.86. The molecule has 2 amide bonds. The third-order valence-corrected chi connectivity index (χ3v) is 7.91. The number of rotatable bonds is 3. The molecular formula is C24H28Cl2N4O2. The second-order valence-electron chi connectivity index (χ2n) is 9.14. The van der Waals surface area contributed by atoms with Crippen molar-refractivity contribution in [3.05, 3.63) is 47.0 Å². The maximum atomic E-state index is 13.0. The molecule has 0 radical (unpaired) electrons. The molecule has 0 spiro atoms. The fourth-order valence-electron chi connectivity index (χ4n) is 5.51. The molecule has 0 aliphatic carbocycles. The Morgan fingerprint density at radius 3 is 2.53 bits per heavy atom. The van der Waals surface area contributed by atoms with Gasteiger partial charge >= 0.3 is 11.8 Å². The molecule has 1 N–H and O–H groups in total. The zero-order valence-corrected chi connectivity index (χ0v) is 19.6. The fourth-order valence-corrected chi connectivity index (χ4v) is 6.02. The molecule has 170 valence electrons. The highest BCUT2D eigenvalue weighted by atomic mass is 35.5. The number of nitrogens with one attached hydrogen (secondary N) is 1. The van der Waals surface area contributed by atoms with Gasteiger partial charge in [-0.2, -0.15) is 0 Å². The molecule has 2 aromatic carbocycles.